The second-order valence-corrected chi connectivity index (χ2v) is 4.73. The molecule has 0 saturated carbocycles. The van der Waals surface area contributed by atoms with E-state index in [1.165, 1.54) is 18.1 Å². The van der Waals surface area contributed by atoms with E-state index in [0.29, 0.717) is 19.6 Å². The molecule has 6 nitrogen and oxygen atoms in total. The summed E-state index contributed by atoms with van der Waals surface area (Å²) in [4.78, 5) is 25.0. The van der Waals surface area contributed by atoms with Crippen molar-refractivity contribution in [3.05, 3.63) is 12.2 Å². The summed E-state index contributed by atoms with van der Waals surface area (Å²) in [6.07, 6.45) is 2.35. The lowest BCUT2D eigenvalue weighted by molar-refractivity contribution is -0.134. The lowest BCUT2D eigenvalue weighted by Crippen LogP contribution is -2.72. The summed E-state index contributed by atoms with van der Waals surface area (Å²) in [5.74, 6) is -0.346. The Kier molecular flexibility index (Phi) is 3.06. The van der Waals surface area contributed by atoms with Crippen molar-refractivity contribution in [1.82, 2.24) is 9.80 Å². The fraction of sp³-hybridized carbons (Fsp3) is 0.636. The van der Waals surface area contributed by atoms with Gasteiger partial charge in [-0.25, -0.2) is 9.59 Å². The van der Waals surface area contributed by atoms with Crippen molar-refractivity contribution in [2.75, 3.05) is 39.8 Å². The van der Waals surface area contributed by atoms with E-state index in [0.717, 1.165) is 13.1 Å². The summed E-state index contributed by atoms with van der Waals surface area (Å²) in [5.41, 5.74) is 0.178. The molecular weight excluding hydrogens is 224 g/mol. The zero-order valence-corrected chi connectivity index (χ0v) is 9.76. The zero-order valence-electron chi connectivity index (χ0n) is 9.76. The molecular formula is C11H16N2O4. The van der Waals surface area contributed by atoms with E-state index < -0.39 is 6.09 Å². The molecule has 2 heterocycles. The third-order valence-corrected chi connectivity index (χ3v) is 3.26. The summed E-state index contributed by atoms with van der Waals surface area (Å²) in [6, 6.07) is 0. The molecule has 0 atom stereocenters. The number of esters is 1. The van der Waals surface area contributed by atoms with Gasteiger partial charge in [-0.1, -0.05) is 6.08 Å². The highest BCUT2D eigenvalue weighted by atomic mass is 16.5. The van der Waals surface area contributed by atoms with Crippen LogP contribution >= 0.6 is 0 Å². The van der Waals surface area contributed by atoms with Crippen molar-refractivity contribution in [2.24, 2.45) is 5.41 Å². The topological polar surface area (TPSA) is 70.1 Å². The number of carbonyl (C=O) groups excluding carboxylic acids is 1. The highest BCUT2D eigenvalue weighted by Crippen LogP contribution is 2.39. The van der Waals surface area contributed by atoms with Crippen molar-refractivity contribution in [3.8, 4) is 0 Å². The number of hydrogen-bond acceptors (Lipinski definition) is 4. The summed E-state index contributed by atoms with van der Waals surface area (Å²) in [7, 11) is 1.35. The van der Waals surface area contributed by atoms with Gasteiger partial charge in [-0.2, -0.15) is 0 Å². The zero-order chi connectivity index (χ0) is 12.5. The Morgan fingerprint density at radius 2 is 2.00 bits per heavy atom. The Bertz CT molecular complexity index is 352. The van der Waals surface area contributed by atoms with E-state index in [1.807, 2.05) is 0 Å². The average molecular weight is 240 g/mol. The van der Waals surface area contributed by atoms with Crippen LogP contribution in [0.2, 0.25) is 0 Å². The Labute approximate surface area is 99.4 Å². The second-order valence-electron chi connectivity index (χ2n) is 4.73. The lowest BCUT2D eigenvalue weighted by atomic mass is 9.73. The predicted octanol–water partition coefficient (Wildman–Crippen LogP) is 0.0112. The highest BCUT2D eigenvalue weighted by molar-refractivity contribution is 5.81. The first-order chi connectivity index (χ1) is 8.04. The van der Waals surface area contributed by atoms with Gasteiger partial charge in [0.15, 0.2) is 0 Å². The average Bonchev–Trinajstić information content (AvgIpc) is 2.17. The maximum absolute atomic E-state index is 10.8. The Morgan fingerprint density at radius 3 is 2.53 bits per heavy atom. The van der Waals surface area contributed by atoms with Crippen LogP contribution in [-0.4, -0.2) is 66.8 Å². The minimum absolute atomic E-state index is 0.178. The molecule has 2 fully saturated rings. The van der Waals surface area contributed by atoms with Crippen LogP contribution in [-0.2, 0) is 9.53 Å². The van der Waals surface area contributed by atoms with Crippen molar-refractivity contribution in [2.45, 2.75) is 0 Å². The minimum Gasteiger partial charge on any atom is -0.466 e. The van der Waals surface area contributed by atoms with E-state index >= 15 is 0 Å². The number of nitrogens with zero attached hydrogens (tertiary/aromatic N) is 2. The lowest BCUT2D eigenvalue weighted by Gasteiger charge is -2.59. The minimum atomic E-state index is -0.834. The van der Waals surface area contributed by atoms with Crippen molar-refractivity contribution < 1.29 is 19.4 Å². The molecule has 0 aliphatic carbocycles. The van der Waals surface area contributed by atoms with Gasteiger partial charge in [0, 0.05) is 44.2 Å². The molecule has 1 spiro atoms. The van der Waals surface area contributed by atoms with Crippen LogP contribution in [0.1, 0.15) is 0 Å². The largest absolute Gasteiger partial charge is 0.466 e. The number of ether oxygens (including phenoxy) is 1. The van der Waals surface area contributed by atoms with Gasteiger partial charge in [0.2, 0.25) is 0 Å². The first-order valence-electron chi connectivity index (χ1n) is 5.49. The molecule has 6 heteroatoms. The molecule has 0 unspecified atom stereocenters. The first kappa shape index (κ1) is 11.9. The fourth-order valence-corrected chi connectivity index (χ4v) is 2.50. The van der Waals surface area contributed by atoms with Gasteiger partial charge in [0.05, 0.1) is 7.11 Å². The number of likely N-dealkylation sites (tertiary alicyclic amines) is 2. The van der Waals surface area contributed by atoms with Crippen LogP contribution in [0.3, 0.4) is 0 Å². The highest BCUT2D eigenvalue weighted by Gasteiger charge is 2.52. The summed E-state index contributed by atoms with van der Waals surface area (Å²) < 4.78 is 4.48. The van der Waals surface area contributed by atoms with E-state index in [4.69, 9.17) is 5.11 Å². The number of carboxylic acid groups (broad SMARTS) is 1. The summed E-state index contributed by atoms with van der Waals surface area (Å²) >= 11 is 0. The van der Waals surface area contributed by atoms with Crippen LogP contribution < -0.4 is 0 Å². The van der Waals surface area contributed by atoms with Crippen LogP contribution in [0.4, 0.5) is 4.79 Å². The second kappa shape index (κ2) is 4.37. The molecule has 1 N–H and O–H groups in total. The van der Waals surface area contributed by atoms with Crippen LogP contribution in [0.25, 0.3) is 0 Å². The molecule has 2 aliphatic heterocycles. The number of methoxy groups -OCH3 is 1. The molecule has 1 amide bonds. The van der Waals surface area contributed by atoms with Gasteiger partial charge >= 0.3 is 12.1 Å². The van der Waals surface area contributed by atoms with E-state index in [9.17, 15) is 9.59 Å². The predicted molar refractivity (Wildman–Crippen MR) is 59.6 cm³/mol. The third-order valence-electron chi connectivity index (χ3n) is 3.26. The van der Waals surface area contributed by atoms with Gasteiger partial charge < -0.3 is 14.7 Å². The normalized spacial score (nSPS) is 22.3. The maximum atomic E-state index is 10.8. The van der Waals surface area contributed by atoms with E-state index in [-0.39, 0.29) is 11.4 Å². The molecule has 17 heavy (non-hydrogen) atoms. The number of hydrogen-bond donors (Lipinski definition) is 1. The molecule has 0 aromatic heterocycles. The van der Waals surface area contributed by atoms with Crippen LogP contribution in [0.15, 0.2) is 12.2 Å². The summed E-state index contributed by atoms with van der Waals surface area (Å²) in [6.45, 7) is 3.80. The fourth-order valence-electron chi connectivity index (χ4n) is 2.50. The molecule has 94 valence electrons. The molecule has 2 rings (SSSR count). The van der Waals surface area contributed by atoms with Crippen LogP contribution in [0.5, 0.6) is 0 Å². The molecule has 2 aliphatic rings. The van der Waals surface area contributed by atoms with Crippen molar-refractivity contribution in [3.63, 3.8) is 0 Å². The monoisotopic (exact) mass is 240 g/mol. The van der Waals surface area contributed by atoms with Gasteiger partial charge in [0.25, 0.3) is 0 Å². The SMILES string of the molecule is COC(=O)/C=C/CN1CC2(C1)CN(C(=O)O)C2. The molecule has 0 radical (unpaired) electrons. The molecule has 0 bridgehead atoms. The third kappa shape index (κ3) is 2.41. The number of amides is 1. The first-order valence-corrected chi connectivity index (χ1v) is 5.49. The smallest absolute Gasteiger partial charge is 0.407 e. The van der Waals surface area contributed by atoms with Gasteiger partial charge in [0.1, 0.15) is 0 Å². The Hall–Kier alpha value is -1.56. The quantitative estimate of drug-likeness (QED) is 0.556. The Balaban J connectivity index is 1.65. The van der Waals surface area contributed by atoms with E-state index in [1.54, 1.807) is 6.08 Å². The molecule has 0 aromatic rings. The molecule has 0 aromatic carbocycles. The number of carbonyl (C=O) groups is 2. The van der Waals surface area contributed by atoms with Crippen molar-refractivity contribution >= 4 is 12.1 Å². The van der Waals surface area contributed by atoms with Crippen molar-refractivity contribution in [1.29, 1.82) is 0 Å². The Morgan fingerprint density at radius 1 is 1.35 bits per heavy atom. The van der Waals surface area contributed by atoms with Crippen LogP contribution in [0, 0.1) is 5.41 Å². The molecule has 2 saturated heterocycles. The standard InChI is InChI=1S/C11H16N2O4/c1-17-9(14)3-2-4-12-5-11(6-12)7-13(8-11)10(15)16/h2-3H,4-8H2,1H3,(H,15,16)/b3-2+. The number of rotatable bonds is 3. The van der Waals surface area contributed by atoms with E-state index in [2.05, 4.69) is 9.64 Å². The van der Waals surface area contributed by atoms with Gasteiger partial charge in [-0.15, -0.1) is 0 Å². The van der Waals surface area contributed by atoms with Gasteiger partial charge in [-0.3, -0.25) is 4.90 Å². The van der Waals surface area contributed by atoms with Gasteiger partial charge in [-0.05, 0) is 0 Å². The summed E-state index contributed by atoms with van der Waals surface area (Å²) in [5, 5.41) is 8.73. The maximum Gasteiger partial charge on any atom is 0.407 e.